The zero-order valence-electron chi connectivity index (χ0n) is 12.4. The number of nitrogens with zero attached hydrogens (tertiary/aromatic N) is 4. The molecule has 0 saturated heterocycles. The maximum atomic E-state index is 12.5. The number of hydrogen-bond acceptors (Lipinski definition) is 4. The summed E-state index contributed by atoms with van der Waals surface area (Å²) in [5.74, 6) is 3.07. The molecular weight excluding hydrogens is 266 g/mol. The number of anilines is 1. The lowest BCUT2D eigenvalue weighted by Crippen LogP contribution is -2.52. The van der Waals surface area contributed by atoms with Crippen molar-refractivity contribution in [1.29, 1.82) is 0 Å². The highest BCUT2D eigenvalue weighted by molar-refractivity contribution is 6.18. The minimum Gasteiger partial charge on any atom is -0.336 e. The van der Waals surface area contributed by atoms with E-state index in [2.05, 4.69) is 14.9 Å². The Labute approximate surface area is 123 Å². The van der Waals surface area contributed by atoms with Gasteiger partial charge in [-0.25, -0.2) is 9.98 Å². The number of H-pyrrole nitrogens is 1. The first kappa shape index (κ1) is 11.8. The van der Waals surface area contributed by atoms with Gasteiger partial charge in [0.05, 0.1) is 11.6 Å². The van der Waals surface area contributed by atoms with Crippen molar-refractivity contribution in [2.75, 3.05) is 11.9 Å². The molecule has 2 saturated carbocycles. The van der Waals surface area contributed by atoms with Crippen LogP contribution >= 0.6 is 0 Å². The van der Waals surface area contributed by atoms with Gasteiger partial charge in [0.25, 0.3) is 5.91 Å². The van der Waals surface area contributed by atoms with Crippen molar-refractivity contribution in [3.63, 3.8) is 0 Å². The molecule has 4 aliphatic rings. The van der Waals surface area contributed by atoms with Gasteiger partial charge in [-0.1, -0.05) is 6.42 Å². The fourth-order valence-corrected chi connectivity index (χ4v) is 5.02. The smallest absolute Gasteiger partial charge is 0.280 e. The molecule has 0 aromatic carbocycles. The van der Waals surface area contributed by atoms with Gasteiger partial charge >= 0.3 is 0 Å². The van der Waals surface area contributed by atoms with E-state index < -0.39 is 0 Å². The highest BCUT2D eigenvalue weighted by atomic mass is 16.2. The number of aromatic amines is 1. The molecule has 0 unspecified atom stereocenters. The van der Waals surface area contributed by atoms with Gasteiger partial charge in [-0.05, 0) is 38.5 Å². The summed E-state index contributed by atoms with van der Waals surface area (Å²) in [6.45, 7) is 1.90. The van der Waals surface area contributed by atoms with E-state index in [0.717, 1.165) is 30.4 Å². The van der Waals surface area contributed by atoms with Crippen LogP contribution in [0.25, 0.3) is 0 Å². The number of carbonyl (C=O) groups excluding carboxylic acids is 1. The Morgan fingerprint density at radius 1 is 1.33 bits per heavy atom. The minimum atomic E-state index is -0.0217. The summed E-state index contributed by atoms with van der Waals surface area (Å²) in [6, 6.07) is 0.386. The van der Waals surface area contributed by atoms with Gasteiger partial charge in [-0.2, -0.15) is 0 Å². The van der Waals surface area contributed by atoms with Crippen molar-refractivity contribution < 1.29 is 4.79 Å². The molecule has 0 radical (unpaired) electrons. The minimum absolute atomic E-state index is 0.0217. The van der Waals surface area contributed by atoms with Crippen LogP contribution in [0.1, 0.15) is 48.4 Å². The maximum Gasteiger partial charge on any atom is 0.280 e. The van der Waals surface area contributed by atoms with Crippen LogP contribution in [-0.2, 0) is 0 Å². The largest absolute Gasteiger partial charge is 0.336 e. The summed E-state index contributed by atoms with van der Waals surface area (Å²) in [7, 11) is 1.83. The number of amides is 1. The second kappa shape index (κ2) is 3.48. The normalized spacial score (nSPS) is 36.5. The van der Waals surface area contributed by atoms with Crippen LogP contribution in [0.3, 0.4) is 0 Å². The second-order valence-corrected chi connectivity index (χ2v) is 6.84. The van der Waals surface area contributed by atoms with Crippen LogP contribution in [0.5, 0.6) is 0 Å². The van der Waals surface area contributed by atoms with Gasteiger partial charge < -0.3 is 4.98 Å². The number of imidazole rings is 1. The monoisotopic (exact) mass is 285 g/mol. The molecule has 2 aliphatic heterocycles. The molecule has 6 heteroatoms. The summed E-state index contributed by atoms with van der Waals surface area (Å²) in [4.78, 5) is 29.3. The van der Waals surface area contributed by atoms with Crippen LogP contribution in [-0.4, -0.2) is 45.4 Å². The van der Waals surface area contributed by atoms with Gasteiger partial charge in [0.15, 0.2) is 5.82 Å². The Hall–Kier alpha value is -1.85. The lowest BCUT2D eigenvalue weighted by molar-refractivity contribution is 0.0859. The Morgan fingerprint density at radius 2 is 2.19 bits per heavy atom. The topological polar surface area (TPSA) is 64.6 Å². The lowest BCUT2D eigenvalue weighted by Gasteiger charge is -2.35. The van der Waals surface area contributed by atoms with Crippen molar-refractivity contribution in [3.8, 4) is 0 Å². The van der Waals surface area contributed by atoms with E-state index in [1.807, 2.05) is 14.0 Å². The van der Waals surface area contributed by atoms with Gasteiger partial charge in [0, 0.05) is 7.05 Å². The standard InChI is InChI=1S/C15H19N5O/c1-8-16-11-12(17-8)20-10-6-5-9-4-3-7-15(9,10)18-14(20)19(2)13(11)21/h9-10H,3-7H2,1-2H3,(H,16,17)/t9-,10-,15+/m0/s1. The molecule has 1 N–H and O–H groups in total. The van der Waals surface area contributed by atoms with Crippen molar-refractivity contribution in [2.24, 2.45) is 10.9 Å². The summed E-state index contributed by atoms with van der Waals surface area (Å²) >= 11 is 0. The third-order valence-electron chi connectivity index (χ3n) is 5.89. The van der Waals surface area contributed by atoms with E-state index in [4.69, 9.17) is 4.99 Å². The molecule has 21 heavy (non-hydrogen) atoms. The summed E-state index contributed by atoms with van der Waals surface area (Å²) in [5.41, 5.74) is 0.658. The number of carbonyl (C=O) groups is 1. The van der Waals surface area contributed by atoms with E-state index in [-0.39, 0.29) is 11.4 Å². The highest BCUT2D eigenvalue weighted by Gasteiger charge is 2.61. The predicted octanol–water partition coefficient (Wildman–Crippen LogP) is 1.68. The molecule has 1 aromatic heterocycles. The molecule has 110 valence electrons. The number of aliphatic imine (C=N–C) groups is 1. The molecule has 6 nitrogen and oxygen atoms in total. The van der Waals surface area contributed by atoms with E-state index in [0.29, 0.717) is 17.7 Å². The highest BCUT2D eigenvalue weighted by Crippen LogP contribution is 2.56. The van der Waals surface area contributed by atoms with Gasteiger partial charge in [-0.15, -0.1) is 0 Å². The fraction of sp³-hybridized carbons (Fsp3) is 0.667. The first-order valence-electron chi connectivity index (χ1n) is 7.85. The Kier molecular flexibility index (Phi) is 1.95. The molecule has 2 fully saturated rings. The van der Waals surface area contributed by atoms with Crippen LogP contribution < -0.4 is 4.90 Å². The third kappa shape index (κ3) is 1.19. The molecular formula is C15H19N5O. The van der Waals surface area contributed by atoms with Crippen molar-refractivity contribution in [3.05, 3.63) is 11.5 Å². The van der Waals surface area contributed by atoms with E-state index in [1.165, 1.54) is 19.3 Å². The zero-order valence-corrected chi connectivity index (χ0v) is 12.4. The number of nitrogens with one attached hydrogen (secondary N) is 1. The van der Waals surface area contributed by atoms with Gasteiger partial charge in [0.1, 0.15) is 11.5 Å². The number of hydrogen-bond donors (Lipinski definition) is 1. The molecule has 2 aliphatic carbocycles. The van der Waals surface area contributed by atoms with Crippen LogP contribution in [0.15, 0.2) is 4.99 Å². The summed E-state index contributed by atoms with van der Waals surface area (Å²) in [5, 5.41) is 0. The number of aryl methyl sites for hydroxylation is 1. The third-order valence-corrected chi connectivity index (χ3v) is 5.89. The van der Waals surface area contributed by atoms with Crippen LogP contribution in [0.4, 0.5) is 5.82 Å². The Bertz CT molecular complexity index is 692. The molecule has 1 spiro atoms. The first-order valence-corrected chi connectivity index (χ1v) is 7.85. The van der Waals surface area contributed by atoms with Gasteiger partial charge in [-0.3, -0.25) is 14.6 Å². The van der Waals surface area contributed by atoms with Crippen molar-refractivity contribution in [1.82, 2.24) is 14.9 Å². The summed E-state index contributed by atoms with van der Waals surface area (Å²) in [6.07, 6.45) is 6.11. The van der Waals surface area contributed by atoms with E-state index in [9.17, 15) is 4.79 Å². The van der Waals surface area contributed by atoms with Gasteiger partial charge in [0.2, 0.25) is 5.96 Å². The molecule has 1 aromatic rings. The lowest BCUT2D eigenvalue weighted by atomic mass is 9.88. The van der Waals surface area contributed by atoms with Crippen molar-refractivity contribution in [2.45, 2.75) is 50.6 Å². The van der Waals surface area contributed by atoms with Crippen LogP contribution in [0, 0.1) is 12.8 Å². The van der Waals surface area contributed by atoms with Crippen LogP contribution in [0.2, 0.25) is 0 Å². The number of guanidine groups is 1. The fourth-order valence-electron chi connectivity index (χ4n) is 5.02. The maximum absolute atomic E-state index is 12.5. The molecule has 5 rings (SSSR count). The number of fused-ring (bicyclic) bond motifs is 4. The Balaban J connectivity index is 1.73. The molecule has 3 atom stereocenters. The molecule has 1 amide bonds. The first-order chi connectivity index (χ1) is 10.1. The summed E-state index contributed by atoms with van der Waals surface area (Å²) < 4.78 is 0. The van der Waals surface area contributed by atoms with E-state index in [1.54, 1.807) is 4.90 Å². The SMILES string of the molecule is Cc1nc2c([nH]1)C(=O)N(C)C1=N[C@]34CCC[C@H]3CC[C@@H]4N12. The average molecular weight is 285 g/mol. The zero-order chi connectivity index (χ0) is 14.4. The average Bonchev–Trinajstić information content (AvgIpc) is 3.14. The molecule has 3 heterocycles. The molecule has 0 bridgehead atoms. The second-order valence-electron chi connectivity index (χ2n) is 6.84. The number of rotatable bonds is 0. The predicted molar refractivity (Wildman–Crippen MR) is 78.4 cm³/mol. The number of aromatic nitrogens is 2. The van der Waals surface area contributed by atoms with Crippen molar-refractivity contribution >= 4 is 17.7 Å². The van der Waals surface area contributed by atoms with E-state index >= 15 is 0 Å². The Morgan fingerprint density at radius 3 is 3.05 bits per heavy atom. The quantitative estimate of drug-likeness (QED) is 0.789.